The van der Waals surface area contributed by atoms with E-state index in [1.54, 1.807) is 17.1 Å². The summed E-state index contributed by atoms with van der Waals surface area (Å²) >= 11 is 4.21. The van der Waals surface area contributed by atoms with Gasteiger partial charge >= 0.3 is 0 Å². The second-order valence-electron chi connectivity index (χ2n) is 2.62. The Morgan fingerprint density at radius 1 is 1.92 bits per heavy atom. The van der Waals surface area contributed by atoms with Crippen molar-refractivity contribution in [1.29, 1.82) is 0 Å². The zero-order chi connectivity index (χ0) is 9.14. The summed E-state index contributed by atoms with van der Waals surface area (Å²) in [6.07, 6.45) is 3.23. The summed E-state index contributed by atoms with van der Waals surface area (Å²) in [6.45, 7) is 5.92. The van der Waals surface area contributed by atoms with Crippen molar-refractivity contribution in [3.05, 3.63) is 24.4 Å². The van der Waals surface area contributed by atoms with E-state index < -0.39 is 0 Å². The van der Waals surface area contributed by atoms with Crippen molar-refractivity contribution in [1.82, 2.24) is 10.2 Å². The average Bonchev–Trinajstić information content (AvgIpc) is 1.96. The molecule has 1 amide bonds. The molecule has 3 nitrogen and oxygen atoms in total. The quantitative estimate of drug-likeness (QED) is 0.489. The summed E-state index contributed by atoms with van der Waals surface area (Å²) < 4.78 is 0. The number of carbonyl (C=O) groups is 1. The summed E-state index contributed by atoms with van der Waals surface area (Å²) in [5.41, 5.74) is 0.612. The fourth-order valence-corrected chi connectivity index (χ4v) is 1.45. The molecule has 0 fully saturated rings. The smallest absolute Gasteiger partial charge is 0.250 e. The molecule has 1 unspecified atom stereocenters. The maximum Gasteiger partial charge on any atom is 0.250 e. The number of nitrogens with one attached hydrogen (secondary N) is 1. The van der Waals surface area contributed by atoms with E-state index in [1.165, 1.54) is 0 Å². The largest absolute Gasteiger partial charge is 0.360 e. The third kappa shape index (κ3) is 1.82. The van der Waals surface area contributed by atoms with E-state index in [1.807, 2.05) is 6.92 Å². The van der Waals surface area contributed by atoms with Crippen molar-refractivity contribution < 1.29 is 4.79 Å². The Bertz CT molecular complexity index is 237. The van der Waals surface area contributed by atoms with Gasteiger partial charge < -0.3 is 10.2 Å². The van der Waals surface area contributed by atoms with Crippen molar-refractivity contribution in [3.8, 4) is 0 Å². The predicted molar refractivity (Wildman–Crippen MR) is 51.6 cm³/mol. The molecule has 1 N–H and O–H groups in total. The van der Waals surface area contributed by atoms with E-state index in [2.05, 4.69) is 24.5 Å². The Labute approximate surface area is 77.5 Å². The Balaban J connectivity index is 2.75. The molecular weight excluding hydrogens is 172 g/mol. The van der Waals surface area contributed by atoms with Crippen LogP contribution in [0.1, 0.15) is 6.92 Å². The summed E-state index contributed by atoms with van der Waals surface area (Å²) in [5, 5.41) is 3.03. The van der Waals surface area contributed by atoms with E-state index in [0.29, 0.717) is 6.54 Å². The molecule has 12 heavy (non-hydrogen) atoms. The van der Waals surface area contributed by atoms with Crippen molar-refractivity contribution in [2.45, 2.75) is 12.4 Å². The molecule has 0 bridgehead atoms. The van der Waals surface area contributed by atoms with Gasteiger partial charge in [0.2, 0.25) is 0 Å². The maximum absolute atomic E-state index is 11.3. The minimum absolute atomic E-state index is 0.0221. The Morgan fingerprint density at radius 2 is 2.58 bits per heavy atom. The molecule has 1 aliphatic heterocycles. The summed E-state index contributed by atoms with van der Waals surface area (Å²) in [5.74, 6) is -0.0221. The molecule has 0 saturated heterocycles. The average molecular weight is 184 g/mol. The van der Waals surface area contributed by atoms with Gasteiger partial charge in [0.1, 0.15) is 5.50 Å². The molecule has 0 spiro atoms. The number of amides is 1. The summed E-state index contributed by atoms with van der Waals surface area (Å²) in [6, 6.07) is 0. The molecule has 0 aromatic rings. The van der Waals surface area contributed by atoms with Crippen LogP contribution in [0.4, 0.5) is 0 Å². The third-order valence-electron chi connectivity index (χ3n) is 1.60. The van der Waals surface area contributed by atoms with Gasteiger partial charge in [-0.3, -0.25) is 4.79 Å². The lowest BCUT2D eigenvalue weighted by Crippen LogP contribution is -2.47. The van der Waals surface area contributed by atoms with Crippen molar-refractivity contribution in [2.24, 2.45) is 0 Å². The first-order valence-corrected chi connectivity index (χ1v) is 4.21. The molecule has 1 aliphatic rings. The van der Waals surface area contributed by atoms with E-state index in [9.17, 15) is 4.79 Å². The van der Waals surface area contributed by atoms with Crippen LogP contribution in [0.15, 0.2) is 24.4 Å². The van der Waals surface area contributed by atoms with Gasteiger partial charge in [-0.05, 0) is 6.92 Å². The molecule has 66 valence electrons. The van der Waals surface area contributed by atoms with Crippen LogP contribution in [-0.2, 0) is 4.79 Å². The zero-order valence-corrected chi connectivity index (χ0v) is 7.84. The van der Waals surface area contributed by atoms with Crippen molar-refractivity contribution in [3.63, 3.8) is 0 Å². The highest BCUT2D eigenvalue weighted by Gasteiger charge is 2.21. The van der Waals surface area contributed by atoms with Crippen LogP contribution in [0, 0.1) is 0 Å². The van der Waals surface area contributed by atoms with E-state index in [-0.39, 0.29) is 11.4 Å². The van der Waals surface area contributed by atoms with Crippen LogP contribution in [0.25, 0.3) is 0 Å². The molecule has 0 aliphatic carbocycles. The van der Waals surface area contributed by atoms with Crippen LogP contribution in [-0.4, -0.2) is 22.8 Å². The minimum atomic E-state index is -0.236. The van der Waals surface area contributed by atoms with Gasteiger partial charge in [0.15, 0.2) is 0 Å². The van der Waals surface area contributed by atoms with Crippen LogP contribution < -0.4 is 5.32 Å². The first-order valence-electron chi connectivity index (χ1n) is 3.69. The lowest BCUT2D eigenvalue weighted by molar-refractivity contribution is -0.127. The Morgan fingerprint density at radius 3 is 3.08 bits per heavy atom. The number of allylic oxidation sites excluding steroid dienone is 1. The second kappa shape index (κ2) is 3.67. The van der Waals surface area contributed by atoms with Gasteiger partial charge in [0, 0.05) is 18.3 Å². The van der Waals surface area contributed by atoms with Crippen molar-refractivity contribution in [2.75, 3.05) is 6.54 Å². The number of rotatable bonds is 2. The molecule has 1 atom stereocenters. The summed E-state index contributed by atoms with van der Waals surface area (Å²) in [7, 11) is 0. The fourth-order valence-electron chi connectivity index (χ4n) is 1.04. The van der Waals surface area contributed by atoms with Crippen LogP contribution in [0.5, 0.6) is 0 Å². The first-order chi connectivity index (χ1) is 5.65. The third-order valence-corrected chi connectivity index (χ3v) is 2.01. The first kappa shape index (κ1) is 9.19. The predicted octanol–water partition coefficient (Wildman–Crippen LogP) is 0.721. The number of carbonyl (C=O) groups excluding carboxylic acids is 1. The topological polar surface area (TPSA) is 32.3 Å². The maximum atomic E-state index is 11.3. The molecule has 1 heterocycles. The molecule has 0 radical (unpaired) electrons. The fraction of sp³-hybridized carbons (Fsp3) is 0.375. The highest BCUT2D eigenvalue weighted by atomic mass is 32.1. The lowest BCUT2D eigenvalue weighted by Gasteiger charge is -2.31. The standard InChI is InChI=1S/C8H12N2OS/c1-3-4-10-7(11)5-6(2)9-8(10)12/h3,5,8-9,12H,1,4H2,2H3. The minimum Gasteiger partial charge on any atom is -0.360 e. The summed E-state index contributed by atoms with van der Waals surface area (Å²) in [4.78, 5) is 12.9. The molecule has 4 heteroatoms. The van der Waals surface area contributed by atoms with E-state index >= 15 is 0 Å². The highest BCUT2D eigenvalue weighted by molar-refractivity contribution is 7.80. The van der Waals surface area contributed by atoms with Crippen LogP contribution >= 0.6 is 12.6 Å². The zero-order valence-electron chi connectivity index (χ0n) is 6.95. The molecule has 1 rings (SSSR count). The van der Waals surface area contributed by atoms with Gasteiger partial charge in [-0.1, -0.05) is 6.08 Å². The van der Waals surface area contributed by atoms with E-state index in [4.69, 9.17) is 0 Å². The second-order valence-corrected chi connectivity index (χ2v) is 3.11. The molecule has 0 aromatic carbocycles. The lowest BCUT2D eigenvalue weighted by atomic mass is 10.3. The van der Waals surface area contributed by atoms with Crippen LogP contribution in [0.3, 0.4) is 0 Å². The monoisotopic (exact) mass is 184 g/mol. The SMILES string of the molecule is C=CCN1C(=O)C=C(C)NC1S. The van der Waals surface area contributed by atoms with Crippen molar-refractivity contribution >= 4 is 18.5 Å². The van der Waals surface area contributed by atoms with E-state index in [0.717, 1.165) is 5.70 Å². The van der Waals surface area contributed by atoms with Gasteiger partial charge in [-0.2, -0.15) is 0 Å². The van der Waals surface area contributed by atoms with Gasteiger partial charge in [-0.15, -0.1) is 19.2 Å². The Kier molecular flexibility index (Phi) is 2.81. The number of hydrogen-bond donors (Lipinski definition) is 2. The number of hydrogen-bond acceptors (Lipinski definition) is 3. The highest BCUT2D eigenvalue weighted by Crippen LogP contribution is 2.10. The van der Waals surface area contributed by atoms with Gasteiger partial charge in [0.05, 0.1) is 0 Å². The molecule has 0 aromatic heterocycles. The molecule has 0 saturated carbocycles. The van der Waals surface area contributed by atoms with Gasteiger partial charge in [0.25, 0.3) is 5.91 Å². The Hall–Kier alpha value is -0.900. The molecular formula is C8H12N2OS. The number of nitrogens with zero attached hydrogens (tertiary/aromatic N) is 1. The number of thiol groups is 1. The van der Waals surface area contributed by atoms with Crippen LogP contribution in [0.2, 0.25) is 0 Å². The van der Waals surface area contributed by atoms with Gasteiger partial charge in [-0.25, -0.2) is 0 Å². The normalized spacial score (nSPS) is 23.2.